The van der Waals surface area contributed by atoms with Crippen LogP contribution in [0.4, 0.5) is 11.6 Å². The average Bonchev–Trinajstić information content (AvgIpc) is 2.68. The van der Waals surface area contributed by atoms with Gasteiger partial charge in [0.05, 0.1) is 36.2 Å². The van der Waals surface area contributed by atoms with Gasteiger partial charge >= 0.3 is 0 Å². The fourth-order valence-corrected chi connectivity index (χ4v) is 4.20. The Morgan fingerprint density at radius 3 is 2.42 bits per heavy atom. The van der Waals surface area contributed by atoms with Crippen molar-refractivity contribution in [2.24, 2.45) is 0 Å². The van der Waals surface area contributed by atoms with Gasteiger partial charge in [-0.05, 0) is 11.5 Å². The molecule has 1 aliphatic rings. The first-order valence-electron chi connectivity index (χ1n) is 8.29. The van der Waals surface area contributed by atoms with E-state index in [1.807, 2.05) is 29.2 Å². The Hall–Kier alpha value is -2.71. The maximum absolute atomic E-state index is 12.8. The van der Waals surface area contributed by atoms with Crippen molar-refractivity contribution in [1.29, 1.82) is 0 Å². The van der Waals surface area contributed by atoms with E-state index in [1.165, 1.54) is 12.4 Å². The van der Waals surface area contributed by atoms with Gasteiger partial charge in [0.25, 0.3) is 10.0 Å². The SMILES string of the molecule is O=S(=O)(Nc1cnc(N2CCOCC2)nc1)c1cccc2ccccc12. The first-order valence-corrected chi connectivity index (χ1v) is 9.77. The molecule has 2 aromatic carbocycles. The minimum atomic E-state index is -3.74. The number of nitrogens with zero attached hydrogens (tertiary/aromatic N) is 3. The number of ether oxygens (including phenoxy) is 1. The molecule has 0 spiro atoms. The highest BCUT2D eigenvalue weighted by molar-refractivity contribution is 7.93. The van der Waals surface area contributed by atoms with Gasteiger partial charge in [-0.2, -0.15) is 0 Å². The molecule has 0 aliphatic carbocycles. The maximum Gasteiger partial charge on any atom is 0.262 e. The van der Waals surface area contributed by atoms with Crippen molar-refractivity contribution in [3.63, 3.8) is 0 Å². The van der Waals surface area contributed by atoms with Crippen LogP contribution in [0.3, 0.4) is 0 Å². The smallest absolute Gasteiger partial charge is 0.262 e. The molecule has 0 bridgehead atoms. The lowest BCUT2D eigenvalue weighted by molar-refractivity contribution is 0.122. The van der Waals surface area contributed by atoms with E-state index in [0.29, 0.717) is 30.2 Å². The summed E-state index contributed by atoms with van der Waals surface area (Å²) in [5.74, 6) is 0.571. The molecule has 0 radical (unpaired) electrons. The standard InChI is InChI=1S/C18H18N4O3S/c23-26(24,17-7-3-5-14-4-1-2-6-16(14)17)21-15-12-19-18(20-13-15)22-8-10-25-11-9-22/h1-7,12-13,21H,8-11H2. The first kappa shape index (κ1) is 16.7. The van der Waals surface area contributed by atoms with E-state index >= 15 is 0 Å². The Bertz CT molecular complexity index is 1010. The molecule has 3 aromatic rings. The fourth-order valence-electron chi connectivity index (χ4n) is 2.94. The molecule has 0 unspecified atom stereocenters. The van der Waals surface area contributed by atoms with E-state index in [1.54, 1.807) is 18.2 Å². The summed E-state index contributed by atoms with van der Waals surface area (Å²) in [6, 6.07) is 12.6. The van der Waals surface area contributed by atoms with Crippen LogP contribution in [-0.4, -0.2) is 44.7 Å². The molecule has 2 heterocycles. The van der Waals surface area contributed by atoms with Crippen LogP contribution >= 0.6 is 0 Å². The molecule has 0 amide bonds. The zero-order chi connectivity index (χ0) is 18.0. The first-order chi connectivity index (χ1) is 12.6. The highest BCUT2D eigenvalue weighted by atomic mass is 32.2. The summed E-state index contributed by atoms with van der Waals surface area (Å²) in [7, 11) is -3.74. The number of aromatic nitrogens is 2. The number of sulfonamides is 1. The summed E-state index contributed by atoms with van der Waals surface area (Å²) >= 11 is 0. The van der Waals surface area contributed by atoms with E-state index in [0.717, 1.165) is 18.5 Å². The van der Waals surface area contributed by atoms with Crippen molar-refractivity contribution in [1.82, 2.24) is 9.97 Å². The Morgan fingerprint density at radius 2 is 1.65 bits per heavy atom. The van der Waals surface area contributed by atoms with Crippen LogP contribution in [0.2, 0.25) is 0 Å². The Kier molecular flexibility index (Phi) is 4.44. The summed E-state index contributed by atoms with van der Waals surface area (Å²) in [4.78, 5) is 10.8. The number of hydrogen-bond donors (Lipinski definition) is 1. The Balaban J connectivity index is 1.59. The van der Waals surface area contributed by atoms with E-state index in [-0.39, 0.29) is 4.90 Å². The molecule has 8 heteroatoms. The quantitative estimate of drug-likeness (QED) is 0.758. The molecular formula is C18H18N4O3S. The van der Waals surface area contributed by atoms with Crippen molar-refractivity contribution in [2.75, 3.05) is 35.9 Å². The molecule has 0 atom stereocenters. The van der Waals surface area contributed by atoms with Crippen molar-refractivity contribution >= 4 is 32.4 Å². The molecule has 0 saturated carbocycles. The van der Waals surface area contributed by atoms with E-state index in [4.69, 9.17) is 4.74 Å². The lowest BCUT2D eigenvalue weighted by Crippen LogP contribution is -2.37. The monoisotopic (exact) mass is 370 g/mol. The number of nitrogens with one attached hydrogen (secondary N) is 1. The highest BCUT2D eigenvalue weighted by Gasteiger charge is 2.18. The molecule has 4 rings (SSSR count). The van der Waals surface area contributed by atoms with Crippen LogP contribution < -0.4 is 9.62 Å². The number of fused-ring (bicyclic) bond motifs is 1. The summed E-state index contributed by atoms with van der Waals surface area (Å²) in [5.41, 5.74) is 0.329. The van der Waals surface area contributed by atoms with Gasteiger partial charge in [0, 0.05) is 18.5 Å². The van der Waals surface area contributed by atoms with Gasteiger partial charge in [-0.3, -0.25) is 4.72 Å². The van der Waals surface area contributed by atoms with Gasteiger partial charge in [-0.15, -0.1) is 0 Å². The molecule has 1 fully saturated rings. The third kappa shape index (κ3) is 3.33. The van der Waals surface area contributed by atoms with Crippen LogP contribution in [0, 0.1) is 0 Å². The van der Waals surface area contributed by atoms with Gasteiger partial charge in [-0.25, -0.2) is 18.4 Å². The van der Waals surface area contributed by atoms with Crippen LogP contribution in [0.25, 0.3) is 10.8 Å². The normalized spacial score (nSPS) is 15.2. The second-order valence-electron chi connectivity index (χ2n) is 5.95. The molecule has 1 aromatic heterocycles. The predicted molar refractivity (Wildman–Crippen MR) is 99.8 cm³/mol. The third-order valence-corrected chi connectivity index (χ3v) is 5.66. The van der Waals surface area contributed by atoms with E-state index in [9.17, 15) is 8.42 Å². The van der Waals surface area contributed by atoms with Gasteiger partial charge in [0.2, 0.25) is 5.95 Å². The maximum atomic E-state index is 12.8. The fraction of sp³-hybridized carbons (Fsp3) is 0.222. The largest absolute Gasteiger partial charge is 0.378 e. The molecular weight excluding hydrogens is 352 g/mol. The molecule has 134 valence electrons. The zero-order valence-corrected chi connectivity index (χ0v) is 14.8. The minimum Gasteiger partial charge on any atom is -0.378 e. The summed E-state index contributed by atoms with van der Waals surface area (Å²) < 4.78 is 33.5. The van der Waals surface area contributed by atoms with Crippen LogP contribution in [0.1, 0.15) is 0 Å². The third-order valence-electron chi connectivity index (χ3n) is 4.22. The zero-order valence-electron chi connectivity index (χ0n) is 14.0. The van der Waals surface area contributed by atoms with Crippen molar-refractivity contribution in [3.05, 3.63) is 54.9 Å². The number of hydrogen-bond acceptors (Lipinski definition) is 6. The number of anilines is 2. The molecule has 26 heavy (non-hydrogen) atoms. The second kappa shape index (κ2) is 6.89. The predicted octanol–water partition coefficient (Wildman–Crippen LogP) is 2.27. The Morgan fingerprint density at radius 1 is 0.962 bits per heavy atom. The molecule has 1 saturated heterocycles. The van der Waals surface area contributed by atoms with E-state index in [2.05, 4.69) is 14.7 Å². The lowest BCUT2D eigenvalue weighted by Gasteiger charge is -2.26. The number of benzene rings is 2. The van der Waals surface area contributed by atoms with Crippen LogP contribution in [-0.2, 0) is 14.8 Å². The highest BCUT2D eigenvalue weighted by Crippen LogP contribution is 2.24. The van der Waals surface area contributed by atoms with Crippen molar-refractivity contribution in [3.8, 4) is 0 Å². The van der Waals surface area contributed by atoms with Gasteiger partial charge in [0.15, 0.2) is 0 Å². The molecule has 7 nitrogen and oxygen atoms in total. The summed E-state index contributed by atoms with van der Waals surface area (Å²) in [6.07, 6.45) is 2.97. The lowest BCUT2D eigenvalue weighted by atomic mass is 10.1. The van der Waals surface area contributed by atoms with Crippen LogP contribution in [0.15, 0.2) is 59.8 Å². The summed E-state index contributed by atoms with van der Waals surface area (Å²) in [5, 5.41) is 1.54. The van der Waals surface area contributed by atoms with Gasteiger partial charge < -0.3 is 9.64 Å². The van der Waals surface area contributed by atoms with Gasteiger partial charge in [0.1, 0.15) is 0 Å². The number of rotatable bonds is 4. The van der Waals surface area contributed by atoms with E-state index < -0.39 is 10.0 Å². The Labute approximate surface area is 151 Å². The average molecular weight is 370 g/mol. The molecule has 1 aliphatic heterocycles. The molecule has 1 N–H and O–H groups in total. The number of morpholine rings is 1. The van der Waals surface area contributed by atoms with Crippen LogP contribution in [0.5, 0.6) is 0 Å². The second-order valence-corrected chi connectivity index (χ2v) is 7.60. The minimum absolute atomic E-state index is 0.229. The summed E-state index contributed by atoms with van der Waals surface area (Å²) in [6.45, 7) is 2.72. The van der Waals surface area contributed by atoms with Crippen molar-refractivity contribution < 1.29 is 13.2 Å². The topological polar surface area (TPSA) is 84.4 Å². The van der Waals surface area contributed by atoms with Crippen molar-refractivity contribution in [2.45, 2.75) is 4.90 Å². The van der Waals surface area contributed by atoms with Gasteiger partial charge in [-0.1, -0.05) is 36.4 Å².